The van der Waals surface area contributed by atoms with Gasteiger partial charge in [-0.2, -0.15) is 0 Å². The Balaban J connectivity index is 5.16. The average molecular weight is 1280 g/mol. The molecular formula is C68H132O17P2. The van der Waals surface area contributed by atoms with Crippen molar-refractivity contribution in [3.05, 3.63) is 0 Å². The van der Waals surface area contributed by atoms with Crippen LogP contribution in [0.1, 0.15) is 349 Å². The normalized spacial score (nSPS) is 14.4. The molecule has 0 aromatic rings. The molecule has 516 valence electrons. The summed E-state index contributed by atoms with van der Waals surface area (Å²) in [6, 6.07) is 0. The summed E-state index contributed by atoms with van der Waals surface area (Å²) < 4.78 is 68.1. The Bertz CT molecular complexity index is 1690. The Labute approximate surface area is 530 Å². The molecule has 0 aliphatic carbocycles. The summed E-state index contributed by atoms with van der Waals surface area (Å²) in [5.74, 6) is -1.40. The van der Waals surface area contributed by atoms with Crippen molar-refractivity contribution in [3.63, 3.8) is 0 Å². The van der Waals surface area contributed by atoms with Gasteiger partial charge in [0.2, 0.25) is 0 Å². The highest BCUT2D eigenvalue weighted by atomic mass is 31.2. The van der Waals surface area contributed by atoms with Gasteiger partial charge >= 0.3 is 39.5 Å². The van der Waals surface area contributed by atoms with Crippen LogP contribution in [-0.4, -0.2) is 96.7 Å². The van der Waals surface area contributed by atoms with Gasteiger partial charge in [0.1, 0.15) is 19.3 Å². The summed E-state index contributed by atoms with van der Waals surface area (Å²) in [6.07, 6.45) is 47.3. The minimum Gasteiger partial charge on any atom is -0.462 e. The van der Waals surface area contributed by atoms with E-state index < -0.39 is 97.5 Å². The molecule has 0 saturated heterocycles. The van der Waals surface area contributed by atoms with Crippen molar-refractivity contribution in [3.8, 4) is 0 Å². The molecule has 0 saturated carbocycles. The van der Waals surface area contributed by atoms with Gasteiger partial charge in [-0.15, -0.1) is 0 Å². The first-order valence-electron chi connectivity index (χ1n) is 35.7. The Morgan fingerprint density at radius 2 is 0.552 bits per heavy atom. The third kappa shape index (κ3) is 61.3. The van der Waals surface area contributed by atoms with Gasteiger partial charge in [-0.05, 0) is 31.6 Å². The van der Waals surface area contributed by atoms with E-state index in [0.29, 0.717) is 25.7 Å². The molecule has 0 aromatic carbocycles. The second kappa shape index (κ2) is 61.6. The molecule has 0 bridgehead atoms. The molecule has 0 heterocycles. The van der Waals surface area contributed by atoms with Crippen molar-refractivity contribution >= 4 is 39.5 Å². The van der Waals surface area contributed by atoms with Crippen LogP contribution in [0.3, 0.4) is 0 Å². The summed E-state index contributed by atoms with van der Waals surface area (Å²) in [7, 11) is -9.89. The lowest BCUT2D eigenvalue weighted by atomic mass is 10.00. The fourth-order valence-electron chi connectivity index (χ4n) is 10.3. The van der Waals surface area contributed by atoms with E-state index in [-0.39, 0.29) is 25.7 Å². The molecule has 19 heteroatoms. The monoisotopic (exact) mass is 1280 g/mol. The van der Waals surface area contributed by atoms with Crippen molar-refractivity contribution in [2.24, 2.45) is 5.92 Å². The summed E-state index contributed by atoms with van der Waals surface area (Å²) in [5.41, 5.74) is 0. The van der Waals surface area contributed by atoms with Gasteiger partial charge in [-0.25, -0.2) is 9.13 Å². The zero-order valence-corrected chi connectivity index (χ0v) is 57.9. The Kier molecular flexibility index (Phi) is 60.2. The third-order valence-electron chi connectivity index (χ3n) is 16.1. The lowest BCUT2D eigenvalue weighted by molar-refractivity contribution is -0.161. The van der Waals surface area contributed by atoms with Gasteiger partial charge in [-0.1, -0.05) is 298 Å². The Hall–Kier alpha value is -1.94. The van der Waals surface area contributed by atoms with Crippen LogP contribution in [0.2, 0.25) is 0 Å². The van der Waals surface area contributed by atoms with Gasteiger partial charge in [0.25, 0.3) is 0 Å². The lowest BCUT2D eigenvalue weighted by Crippen LogP contribution is -2.30. The highest BCUT2D eigenvalue weighted by Gasteiger charge is 2.30. The molecule has 3 N–H and O–H groups in total. The minimum atomic E-state index is -4.95. The molecule has 17 nitrogen and oxygen atoms in total. The fourth-order valence-corrected chi connectivity index (χ4v) is 11.8. The van der Waals surface area contributed by atoms with Crippen molar-refractivity contribution in [2.75, 3.05) is 39.6 Å². The van der Waals surface area contributed by atoms with E-state index in [1.165, 1.54) is 167 Å². The minimum absolute atomic E-state index is 0.106. The molecule has 0 aliphatic heterocycles. The zero-order valence-electron chi connectivity index (χ0n) is 56.2. The van der Waals surface area contributed by atoms with Crippen LogP contribution in [0.5, 0.6) is 0 Å². The molecule has 0 rings (SSSR count). The quantitative estimate of drug-likeness (QED) is 0.0222. The van der Waals surface area contributed by atoms with Crippen molar-refractivity contribution in [1.29, 1.82) is 0 Å². The van der Waals surface area contributed by atoms with Crippen LogP contribution >= 0.6 is 15.6 Å². The van der Waals surface area contributed by atoms with Crippen LogP contribution in [-0.2, 0) is 65.4 Å². The van der Waals surface area contributed by atoms with E-state index >= 15 is 0 Å². The molecule has 0 aromatic heterocycles. The molecule has 0 radical (unpaired) electrons. The number of phosphoric ester groups is 2. The topological polar surface area (TPSA) is 237 Å². The molecule has 0 fully saturated rings. The molecular weight excluding hydrogens is 1150 g/mol. The van der Waals surface area contributed by atoms with E-state index in [1.807, 2.05) is 0 Å². The summed E-state index contributed by atoms with van der Waals surface area (Å²) in [5, 5.41) is 10.6. The van der Waals surface area contributed by atoms with E-state index in [4.69, 9.17) is 37.0 Å². The smallest absolute Gasteiger partial charge is 0.462 e. The second-order valence-corrected chi connectivity index (χ2v) is 27.7. The van der Waals surface area contributed by atoms with Crippen LogP contribution in [0.4, 0.5) is 0 Å². The van der Waals surface area contributed by atoms with Gasteiger partial charge in [-0.3, -0.25) is 37.3 Å². The maximum Gasteiger partial charge on any atom is 0.472 e. The molecule has 6 atom stereocenters. The number of esters is 4. The number of hydrogen-bond donors (Lipinski definition) is 3. The van der Waals surface area contributed by atoms with Crippen LogP contribution < -0.4 is 0 Å². The maximum atomic E-state index is 13.0. The maximum absolute atomic E-state index is 13.0. The van der Waals surface area contributed by atoms with E-state index in [1.54, 1.807) is 0 Å². The van der Waals surface area contributed by atoms with E-state index in [9.17, 15) is 43.2 Å². The lowest BCUT2D eigenvalue weighted by Gasteiger charge is -2.21. The predicted octanol–water partition coefficient (Wildman–Crippen LogP) is 19.4. The summed E-state index contributed by atoms with van der Waals surface area (Å²) >= 11 is 0. The van der Waals surface area contributed by atoms with E-state index in [2.05, 4.69) is 34.6 Å². The number of unbranched alkanes of at least 4 members (excludes halogenated alkanes) is 39. The molecule has 0 amide bonds. The fraction of sp³-hybridized carbons (Fsp3) is 0.941. The summed E-state index contributed by atoms with van der Waals surface area (Å²) in [6.45, 7) is 7.16. The number of aliphatic hydroxyl groups excluding tert-OH is 1. The molecule has 3 unspecified atom stereocenters. The van der Waals surface area contributed by atoms with Gasteiger partial charge < -0.3 is 33.8 Å². The average Bonchev–Trinajstić information content (AvgIpc) is 3.65. The Morgan fingerprint density at radius 3 is 0.816 bits per heavy atom. The first kappa shape index (κ1) is 85.1. The van der Waals surface area contributed by atoms with Crippen molar-refractivity contribution < 1.29 is 80.2 Å². The van der Waals surface area contributed by atoms with E-state index in [0.717, 1.165) is 102 Å². The SMILES string of the molecule is CCCCCCCCCCCCCCCCCCCCCC(=O)O[C@H](COC(=O)CCCCCCCCC(C)CC)COP(=O)(O)OC[C@@H](O)COP(=O)(O)OC[C@@H](COC(=O)CCCCCCCCCCC)OC(=O)CCCCCCCCCCC. The number of aliphatic hydroxyl groups is 1. The Morgan fingerprint density at radius 1 is 0.322 bits per heavy atom. The molecule has 0 aliphatic rings. The number of hydrogen-bond acceptors (Lipinski definition) is 15. The largest absolute Gasteiger partial charge is 0.472 e. The van der Waals surface area contributed by atoms with Crippen molar-refractivity contribution in [1.82, 2.24) is 0 Å². The van der Waals surface area contributed by atoms with Crippen LogP contribution in [0, 0.1) is 5.92 Å². The van der Waals surface area contributed by atoms with Crippen LogP contribution in [0.25, 0.3) is 0 Å². The number of carbonyl (C=O) groups is 4. The molecule has 87 heavy (non-hydrogen) atoms. The van der Waals surface area contributed by atoms with Crippen LogP contribution in [0.15, 0.2) is 0 Å². The highest BCUT2D eigenvalue weighted by molar-refractivity contribution is 7.47. The van der Waals surface area contributed by atoms with Gasteiger partial charge in [0.15, 0.2) is 12.2 Å². The second-order valence-electron chi connectivity index (χ2n) is 24.8. The highest BCUT2D eigenvalue weighted by Crippen LogP contribution is 2.45. The first-order valence-corrected chi connectivity index (χ1v) is 38.7. The first-order chi connectivity index (χ1) is 42.1. The van der Waals surface area contributed by atoms with Gasteiger partial charge in [0.05, 0.1) is 26.4 Å². The number of ether oxygens (including phenoxy) is 4. The number of phosphoric acid groups is 2. The zero-order chi connectivity index (χ0) is 64.2. The summed E-state index contributed by atoms with van der Waals surface area (Å²) in [4.78, 5) is 72.3. The number of carbonyl (C=O) groups excluding carboxylic acids is 4. The standard InChI is InChI=1S/C68H132O17P2/c1-6-10-13-16-19-22-23-24-25-26-27-28-29-30-31-34-37-44-49-54-68(73)85-64(58-79-66(71)52-47-42-39-38-40-45-50-61(5)9-4)60-83-87(76,77)81-56-62(69)55-80-86(74,75)82-59-63(84-67(72)53-48-43-36-33-21-18-15-12-8-3)57-78-65(70)51-46-41-35-32-20-17-14-11-7-2/h61-64,69H,6-60H2,1-5H3,(H,74,75)(H,76,77)/t61?,62-,63+,64+/m0/s1. The number of rotatable bonds is 68. The predicted molar refractivity (Wildman–Crippen MR) is 349 cm³/mol. The van der Waals surface area contributed by atoms with Crippen molar-refractivity contribution in [2.45, 2.75) is 368 Å². The molecule has 0 spiro atoms. The third-order valence-corrected chi connectivity index (χ3v) is 18.0. The van der Waals surface area contributed by atoms with Gasteiger partial charge in [0, 0.05) is 25.7 Å².